The number of aliphatic hydroxyl groups excluding tert-OH is 2. The predicted octanol–water partition coefficient (Wildman–Crippen LogP) is -0.289. The van der Waals surface area contributed by atoms with Crippen LogP contribution < -0.4 is 5.32 Å². The number of carbonyl (C=O) groups is 4. The van der Waals surface area contributed by atoms with Crippen LogP contribution >= 0.6 is 0 Å². The fourth-order valence-electron chi connectivity index (χ4n) is 4.72. The van der Waals surface area contributed by atoms with Crippen molar-refractivity contribution in [3.8, 4) is 0 Å². The van der Waals surface area contributed by atoms with Crippen molar-refractivity contribution >= 4 is 23.8 Å². The van der Waals surface area contributed by atoms with Crippen LogP contribution in [0.25, 0.3) is 0 Å². The van der Waals surface area contributed by atoms with Crippen LogP contribution in [0.1, 0.15) is 40.2 Å². The van der Waals surface area contributed by atoms with Crippen LogP contribution in [0.4, 0.5) is 0 Å². The third kappa shape index (κ3) is 8.92. The second-order valence-electron chi connectivity index (χ2n) is 9.82. The largest absolute Gasteiger partial charge is 0.456 e. The Kier molecular flexibility index (Phi) is 11.6. The van der Waals surface area contributed by atoms with Gasteiger partial charge in [-0.05, 0) is 12.5 Å². The van der Waals surface area contributed by atoms with E-state index in [9.17, 15) is 29.4 Å². The molecule has 14 nitrogen and oxygen atoms in total. The van der Waals surface area contributed by atoms with Crippen molar-refractivity contribution in [2.24, 2.45) is 0 Å². The molecule has 0 saturated carbocycles. The standard InChI is InChI=1S/C27H37NO13/c1-13-22(37-15(3)30)24(38-16(4)31)25(39-17(5)32)27(36-13)41-23-20(28-14(2)29)26(34)40-19(21(23)33)12-35-11-18-9-7-6-8-10-18/h6-10,13,19-27,33-34H,11-12H2,1-5H3,(H,28,29)/t13-,19+,20+,21+,22-,23+,24+,25+,26+,27-/m0/s1. The molecule has 0 aliphatic carbocycles. The van der Waals surface area contributed by atoms with Gasteiger partial charge in [-0.15, -0.1) is 0 Å². The number of nitrogens with one attached hydrogen (secondary N) is 1. The maximum Gasteiger partial charge on any atom is 0.303 e. The lowest BCUT2D eigenvalue weighted by atomic mass is 9.95. The normalized spacial score (nSPS) is 33.3. The number of ether oxygens (including phenoxy) is 7. The Morgan fingerprint density at radius 1 is 0.829 bits per heavy atom. The zero-order valence-electron chi connectivity index (χ0n) is 23.5. The van der Waals surface area contributed by atoms with Crippen molar-refractivity contribution in [1.29, 1.82) is 0 Å². The Balaban J connectivity index is 1.87. The van der Waals surface area contributed by atoms with Gasteiger partial charge in [0, 0.05) is 27.7 Å². The summed E-state index contributed by atoms with van der Waals surface area (Å²) in [6.07, 6.45) is -12.0. The lowest BCUT2D eigenvalue weighted by molar-refractivity contribution is -0.340. The molecule has 2 saturated heterocycles. The van der Waals surface area contributed by atoms with Crippen molar-refractivity contribution in [3.63, 3.8) is 0 Å². The zero-order valence-corrected chi connectivity index (χ0v) is 23.5. The molecule has 0 radical (unpaired) electrons. The molecule has 0 bridgehead atoms. The van der Waals surface area contributed by atoms with Gasteiger partial charge in [0.25, 0.3) is 0 Å². The summed E-state index contributed by atoms with van der Waals surface area (Å²) in [5.74, 6) is -2.81. The monoisotopic (exact) mass is 583 g/mol. The van der Waals surface area contributed by atoms with Crippen LogP contribution in [0.5, 0.6) is 0 Å². The van der Waals surface area contributed by atoms with Gasteiger partial charge >= 0.3 is 17.9 Å². The van der Waals surface area contributed by atoms with Crippen molar-refractivity contribution in [2.75, 3.05) is 6.61 Å². The molecule has 1 aromatic carbocycles. The summed E-state index contributed by atoms with van der Waals surface area (Å²) in [5.41, 5.74) is 0.870. The Morgan fingerprint density at radius 3 is 2.00 bits per heavy atom. The highest BCUT2D eigenvalue weighted by Gasteiger charge is 2.54. The second kappa shape index (κ2) is 14.7. The van der Waals surface area contributed by atoms with Gasteiger partial charge in [0.15, 0.2) is 30.9 Å². The van der Waals surface area contributed by atoms with Gasteiger partial charge < -0.3 is 48.7 Å². The number of benzene rings is 1. The second-order valence-corrected chi connectivity index (χ2v) is 9.82. The van der Waals surface area contributed by atoms with Crippen LogP contribution in [-0.4, -0.2) is 102 Å². The average molecular weight is 584 g/mol. The van der Waals surface area contributed by atoms with E-state index < -0.39 is 85.2 Å². The van der Waals surface area contributed by atoms with E-state index in [1.165, 1.54) is 13.8 Å². The summed E-state index contributed by atoms with van der Waals surface area (Å²) in [6, 6.07) is 7.96. The van der Waals surface area contributed by atoms with Crippen LogP contribution in [0, 0.1) is 0 Å². The summed E-state index contributed by atoms with van der Waals surface area (Å²) in [6.45, 7) is 6.14. The number of amides is 1. The minimum Gasteiger partial charge on any atom is -0.456 e. The summed E-state index contributed by atoms with van der Waals surface area (Å²) in [5, 5.41) is 24.5. The van der Waals surface area contributed by atoms with Crippen molar-refractivity contribution in [1.82, 2.24) is 5.32 Å². The van der Waals surface area contributed by atoms with Crippen LogP contribution in [0.3, 0.4) is 0 Å². The van der Waals surface area contributed by atoms with E-state index in [4.69, 9.17) is 33.2 Å². The molecule has 2 aliphatic rings. The van der Waals surface area contributed by atoms with E-state index in [2.05, 4.69) is 5.32 Å². The Hall–Kier alpha value is -3.14. The minimum atomic E-state index is -1.64. The summed E-state index contributed by atoms with van der Waals surface area (Å²) >= 11 is 0. The molecule has 1 aromatic rings. The molecule has 0 aromatic heterocycles. The molecule has 3 rings (SSSR count). The third-order valence-corrected chi connectivity index (χ3v) is 6.38. The maximum absolute atomic E-state index is 12.0. The molecule has 0 unspecified atom stereocenters. The molecule has 2 aliphatic heterocycles. The van der Waals surface area contributed by atoms with Crippen molar-refractivity contribution < 1.29 is 62.5 Å². The lowest BCUT2D eigenvalue weighted by Crippen LogP contribution is -2.68. The first-order valence-corrected chi connectivity index (χ1v) is 13.1. The van der Waals surface area contributed by atoms with Gasteiger partial charge in [-0.25, -0.2) is 0 Å². The maximum atomic E-state index is 12.0. The molecule has 10 atom stereocenters. The molecule has 2 fully saturated rings. The molecule has 1 amide bonds. The van der Waals surface area contributed by atoms with Gasteiger partial charge in [-0.3, -0.25) is 19.2 Å². The first-order valence-electron chi connectivity index (χ1n) is 13.1. The number of carbonyl (C=O) groups excluding carboxylic acids is 4. The average Bonchev–Trinajstić information content (AvgIpc) is 2.88. The van der Waals surface area contributed by atoms with E-state index in [-0.39, 0.29) is 13.2 Å². The summed E-state index contributed by atoms with van der Waals surface area (Å²) in [7, 11) is 0. The van der Waals surface area contributed by atoms with E-state index in [0.29, 0.717) is 0 Å². The van der Waals surface area contributed by atoms with Crippen molar-refractivity contribution in [3.05, 3.63) is 35.9 Å². The van der Waals surface area contributed by atoms with Gasteiger partial charge in [0.05, 0.1) is 19.3 Å². The van der Waals surface area contributed by atoms with E-state index in [1.54, 1.807) is 0 Å². The number of hydrogen-bond acceptors (Lipinski definition) is 13. The molecule has 41 heavy (non-hydrogen) atoms. The topological polar surface area (TPSA) is 185 Å². The first-order chi connectivity index (χ1) is 19.4. The molecule has 2 heterocycles. The molecule has 3 N–H and O–H groups in total. The number of rotatable bonds is 10. The minimum absolute atomic E-state index is 0.153. The van der Waals surface area contributed by atoms with Gasteiger partial charge in [0.2, 0.25) is 5.91 Å². The Bertz CT molecular complexity index is 1050. The SMILES string of the molecule is CC(=O)N[C@@H]1[C@@H](O[C@@H]2O[C@@H](C)[C@H](OC(C)=O)[C@@H](OC(C)=O)[C@H]2OC(C)=O)[C@H](O)[C@@H](COCc2ccccc2)O[C@H]1O. The Morgan fingerprint density at radius 2 is 1.41 bits per heavy atom. The predicted molar refractivity (Wildman–Crippen MR) is 136 cm³/mol. The molecular formula is C27H37NO13. The van der Waals surface area contributed by atoms with Crippen LogP contribution in [0.2, 0.25) is 0 Å². The van der Waals surface area contributed by atoms with Gasteiger partial charge in [-0.1, -0.05) is 30.3 Å². The quantitative estimate of drug-likeness (QED) is 0.241. The van der Waals surface area contributed by atoms with Gasteiger partial charge in [0.1, 0.15) is 24.4 Å². The van der Waals surface area contributed by atoms with Crippen molar-refractivity contribution in [2.45, 2.75) is 103 Å². The molecule has 0 spiro atoms. The van der Waals surface area contributed by atoms with Crippen LogP contribution in [0.15, 0.2) is 30.3 Å². The lowest BCUT2D eigenvalue weighted by Gasteiger charge is -2.47. The zero-order chi connectivity index (χ0) is 30.3. The highest BCUT2D eigenvalue weighted by atomic mass is 16.7. The highest BCUT2D eigenvalue weighted by Crippen LogP contribution is 2.33. The summed E-state index contributed by atoms with van der Waals surface area (Å²) in [4.78, 5) is 47.7. The third-order valence-electron chi connectivity index (χ3n) is 6.38. The fourth-order valence-corrected chi connectivity index (χ4v) is 4.72. The summed E-state index contributed by atoms with van der Waals surface area (Å²) < 4.78 is 39.3. The molecule has 228 valence electrons. The number of esters is 3. The van der Waals surface area contributed by atoms with Crippen LogP contribution in [-0.2, 0) is 58.9 Å². The first kappa shape index (κ1) is 32.4. The smallest absolute Gasteiger partial charge is 0.303 e. The highest BCUT2D eigenvalue weighted by molar-refractivity contribution is 5.73. The number of hydrogen-bond donors (Lipinski definition) is 3. The fraction of sp³-hybridized carbons (Fsp3) is 0.630. The number of aliphatic hydroxyl groups is 2. The molecule has 14 heteroatoms. The van der Waals surface area contributed by atoms with E-state index in [1.807, 2.05) is 30.3 Å². The molecular weight excluding hydrogens is 546 g/mol. The van der Waals surface area contributed by atoms with E-state index >= 15 is 0 Å². The van der Waals surface area contributed by atoms with Gasteiger partial charge in [-0.2, -0.15) is 0 Å². The van der Waals surface area contributed by atoms with E-state index in [0.717, 1.165) is 26.3 Å². The Labute approximate surface area is 237 Å².